The number of hydrogen-bond acceptors (Lipinski definition) is 10. The molecular weight excluding hydrogens is 608 g/mol. The number of amides is 3. The second-order valence-corrected chi connectivity index (χ2v) is 14.7. The molecular formula is C30H36N4O8S2. The number of urea groups is 1. The lowest BCUT2D eigenvalue weighted by atomic mass is 9.97. The van der Waals surface area contributed by atoms with Crippen LogP contribution in [-0.2, 0) is 33.7 Å². The number of hydroxylamine groups is 1. The third kappa shape index (κ3) is 6.54. The van der Waals surface area contributed by atoms with Crippen molar-refractivity contribution >= 4 is 33.1 Å². The number of nitrogens with zero attached hydrogens (tertiary/aromatic N) is 3. The van der Waals surface area contributed by atoms with Gasteiger partial charge >= 0.3 is 6.03 Å². The summed E-state index contributed by atoms with van der Waals surface area (Å²) in [6.45, 7) is 2.60. The molecule has 236 valence electrons. The molecule has 12 nitrogen and oxygen atoms in total. The molecule has 14 heteroatoms. The molecule has 3 aliphatic rings. The summed E-state index contributed by atoms with van der Waals surface area (Å²) in [7, 11) is -3.91. The van der Waals surface area contributed by atoms with Gasteiger partial charge in [-0.1, -0.05) is 24.3 Å². The lowest BCUT2D eigenvalue weighted by molar-refractivity contribution is -0.200. The minimum absolute atomic E-state index is 0.0512. The number of carbonyl (C=O) groups excluding carboxylic acids is 2. The van der Waals surface area contributed by atoms with E-state index in [1.165, 1.54) is 17.7 Å². The van der Waals surface area contributed by atoms with Gasteiger partial charge in [0.05, 0.1) is 31.6 Å². The molecule has 1 aromatic carbocycles. The van der Waals surface area contributed by atoms with E-state index in [4.69, 9.17) is 18.7 Å². The van der Waals surface area contributed by atoms with Gasteiger partial charge in [0.1, 0.15) is 4.75 Å². The second-order valence-electron chi connectivity index (χ2n) is 11.2. The highest BCUT2D eigenvalue weighted by Gasteiger charge is 2.50. The van der Waals surface area contributed by atoms with Gasteiger partial charge in [0, 0.05) is 54.5 Å². The van der Waals surface area contributed by atoms with Crippen molar-refractivity contribution in [3.8, 4) is 21.8 Å². The Labute approximate surface area is 260 Å². The van der Waals surface area contributed by atoms with Gasteiger partial charge in [-0.3, -0.25) is 4.79 Å². The maximum Gasteiger partial charge on any atom is 0.320 e. The van der Waals surface area contributed by atoms with Gasteiger partial charge < -0.3 is 23.7 Å². The van der Waals surface area contributed by atoms with E-state index in [0.29, 0.717) is 50.0 Å². The van der Waals surface area contributed by atoms with Crippen LogP contribution < -0.4 is 5.48 Å². The number of benzene rings is 1. The molecule has 3 aromatic rings. The van der Waals surface area contributed by atoms with Crippen molar-refractivity contribution in [2.45, 2.75) is 43.1 Å². The monoisotopic (exact) mass is 644 g/mol. The number of thiophene rings is 1. The van der Waals surface area contributed by atoms with Crippen LogP contribution in [-0.4, -0.2) is 93.2 Å². The first kappa shape index (κ1) is 30.7. The van der Waals surface area contributed by atoms with Crippen molar-refractivity contribution < 1.29 is 36.7 Å². The van der Waals surface area contributed by atoms with Crippen LogP contribution in [0.2, 0.25) is 0 Å². The number of rotatable bonds is 7. The van der Waals surface area contributed by atoms with Gasteiger partial charge in [0.2, 0.25) is 5.91 Å². The topological polar surface area (TPSA) is 141 Å². The summed E-state index contributed by atoms with van der Waals surface area (Å²) in [5.74, 6) is -0.167. The zero-order valence-electron chi connectivity index (χ0n) is 24.3. The Morgan fingerprint density at radius 2 is 1.77 bits per heavy atom. The number of aromatic nitrogens is 1. The first-order valence-corrected chi connectivity index (χ1v) is 17.3. The van der Waals surface area contributed by atoms with Gasteiger partial charge in [-0.25, -0.2) is 28.5 Å². The van der Waals surface area contributed by atoms with Crippen LogP contribution in [0.1, 0.15) is 37.0 Å². The number of hydrogen-bond donors (Lipinski definition) is 1. The molecule has 44 heavy (non-hydrogen) atoms. The maximum atomic E-state index is 14.2. The molecule has 0 radical (unpaired) electrons. The first-order chi connectivity index (χ1) is 21.3. The van der Waals surface area contributed by atoms with Gasteiger partial charge in [-0.2, -0.15) is 0 Å². The molecule has 3 saturated heterocycles. The fourth-order valence-electron chi connectivity index (χ4n) is 5.84. The van der Waals surface area contributed by atoms with Crippen LogP contribution in [0.4, 0.5) is 4.79 Å². The van der Waals surface area contributed by atoms with Crippen molar-refractivity contribution in [3.63, 3.8) is 0 Å². The van der Waals surface area contributed by atoms with Crippen LogP contribution >= 0.6 is 11.3 Å². The fraction of sp³-hybridized carbons (Fsp3) is 0.500. The number of nitrogens with one attached hydrogen (secondary N) is 1. The second kappa shape index (κ2) is 13.4. The number of ether oxygens (including phenoxy) is 2. The first-order valence-electron chi connectivity index (χ1n) is 14.8. The highest BCUT2D eigenvalue weighted by molar-refractivity contribution is 7.92. The van der Waals surface area contributed by atoms with Gasteiger partial charge in [0.25, 0.3) is 0 Å². The van der Waals surface area contributed by atoms with Crippen molar-refractivity contribution in [2.75, 3.05) is 51.8 Å². The molecule has 1 N–H and O–H groups in total. The number of sulfone groups is 1. The number of morpholine rings is 1. The van der Waals surface area contributed by atoms with Crippen molar-refractivity contribution in [2.24, 2.45) is 0 Å². The quantitative estimate of drug-likeness (QED) is 0.380. The van der Waals surface area contributed by atoms with Crippen molar-refractivity contribution in [1.82, 2.24) is 20.3 Å². The Bertz CT molecular complexity index is 1530. The van der Waals surface area contributed by atoms with Gasteiger partial charge in [-0.15, -0.1) is 11.3 Å². The van der Waals surface area contributed by atoms with Crippen LogP contribution in [0.5, 0.6) is 0 Å². The molecule has 2 aromatic heterocycles. The lowest BCUT2D eigenvalue weighted by Gasteiger charge is -2.33. The Morgan fingerprint density at radius 1 is 1.00 bits per heavy atom. The maximum absolute atomic E-state index is 14.2. The van der Waals surface area contributed by atoms with Gasteiger partial charge in [0.15, 0.2) is 28.3 Å². The summed E-state index contributed by atoms with van der Waals surface area (Å²) in [5.41, 5.74) is 4.23. The highest BCUT2D eigenvalue weighted by Crippen LogP contribution is 2.45. The van der Waals surface area contributed by atoms with E-state index in [1.807, 2.05) is 30.3 Å². The molecule has 0 spiro atoms. The van der Waals surface area contributed by atoms with Gasteiger partial charge in [-0.05, 0) is 37.0 Å². The van der Waals surface area contributed by atoms with Crippen LogP contribution in [0.25, 0.3) is 21.8 Å². The minimum atomic E-state index is -3.91. The minimum Gasteiger partial charge on any atom is -0.444 e. The third-order valence-corrected chi connectivity index (χ3v) is 12.3. The molecule has 5 heterocycles. The summed E-state index contributed by atoms with van der Waals surface area (Å²) < 4.78 is 43.2. The van der Waals surface area contributed by atoms with E-state index in [-0.39, 0.29) is 37.7 Å². The summed E-state index contributed by atoms with van der Waals surface area (Å²) >= 11 is 1.34. The summed E-state index contributed by atoms with van der Waals surface area (Å²) in [5, 5.41) is 0. The Hall–Kier alpha value is -3.30. The normalized spacial score (nSPS) is 24.0. The zero-order valence-corrected chi connectivity index (χ0v) is 25.9. The summed E-state index contributed by atoms with van der Waals surface area (Å²) in [6, 6.07) is 11.2. The molecule has 3 aliphatic heterocycles. The molecule has 0 saturated carbocycles. The van der Waals surface area contributed by atoms with Crippen molar-refractivity contribution in [3.05, 3.63) is 53.9 Å². The molecule has 2 unspecified atom stereocenters. The highest BCUT2D eigenvalue weighted by atomic mass is 32.2. The Morgan fingerprint density at radius 3 is 2.50 bits per heavy atom. The largest absolute Gasteiger partial charge is 0.444 e. The van der Waals surface area contributed by atoms with E-state index in [2.05, 4.69) is 10.5 Å². The van der Waals surface area contributed by atoms with Crippen molar-refractivity contribution in [1.29, 1.82) is 0 Å². The van der Waals surface area contributed by atoms with Crippen LogP contribution in [0.15, 0.2) is 53.4 Å². The Balaban J connectivity index is 1.27. The SMILES string of the molecule is O=C(CC1(c2ccc(-c3ccc(-c4cnco4)cc3)s2)CCN(C(=O)N2CCOCC2)CCS1(=O)=O)NOC1CCCCO1. The van der Waals surface area contributed by atoms with E-state index >= 15 is 0 Å². The van der Waals surface area contributed by atoms with E-state index in [1.54, 1.807) is 22.1 Å². The third-order valence-electron chi connectivity index (χ3n) is 8.39. The van der Waals surface area contributed by atoms with E-state index < -0.39 is 26.8 Å². The zero-order chi connectivity index (χ0) is 30.6. The standard InChI is InChI=1S/C30H36N4O8S2/c35-27(32-42-28-3-1-2-15-40-28)19-30(10-11-33(14-18-44(30,37)38)29(36)34-12-16-39-17-13-34)26-9-8-25(43-26)23-6-4-22(5-7-23)24-20-31-21-41-24/h4-9,20-21,28H,1-3,10-19H2,(H,32,35). The van der Waals surface area contributed by atoms with Crippen LogP contribution in [0.3, 0.4) is 0 Å². The number of oxazole rings is 1. The van der Waals surface area contributed by atoms with Crippen LogP contribution in [0, 0.1) is 0 Å². The predicted molar refractivity (Wildman–Crippen MR) is 162 cm³/mol. The molecule has 3 fully saturated rings. The smallest absolute Gasteiger partial charge is 0.320 e. The fourth-order valence-corrected chi connectivity index (χ4v) is 9.45. The molecule has 3 amide bonds. The number of carbonyl (C=O) groups is 2. The average Bonchev–Trinajstić information content (AvgIpc) is 3.75. The Kier molecular flexibility index (Phi) is 9.33. The molecule has 0 aliphatic carbocycles. The molecule has 0 bridgehead atoms. The molecule has 2 atom stereocenters. The average molecular weight is 645 g/mol. The summed E-state index contributed by atoms with van der Waals surface area (Å²) in [6.07, 6.45) is 4.67. The van der Waals surface area contributed by atoms with E-state index in [0.717, 1.165) is 28.8 Å². The predicted octanol–water partition coefficient (Wildman–Crippen LogP) is 3.80. The lowest BCUT2D eigenvalue weighted by Crippen LogP contribution is -2.49. The molecule has 6 rings (SSSR count). The summed E-state index contributed by atoms with van der Waals surface area (Å²) in [4.78, 5) is 40.9. The van der Waals surface area contributed by atoms with E-state index in [9.17, 15) is 18.0 Å².